The second-order valence-corrected chi connectivity index (χ2v) is 20.4. The third kappa shape index (κ3) is 17.3. The summed E-state index contributed by atoms with van der Waals surface area (Å²) in [6, 6.07) is -2.88. The highest BCUT2D eigenvalue weighted by molar-refractivity contribution is 7.80. The number of aromatic nitrogens is 2. The maximum Gasteiger partial charge on any atom is 0.397 e. The number of ether oxygens (including phenoxy) is 5. The van der Waals surface area contributed by atoms with Crippen molar-refractivity contribution in [2.75, 3.05) is 27.2 Å². The molecule has 14 atom stereocenters. The predicted octanol–water partition coefficient (Wildman–Crippen LogP) is -0.339. The van der Waals surface area contributed by atoms with E-state index in [1.807, 2.05) is 4.98 Å². The van der Waals surface area contributed by atoms with Crippen molar-refractivity contribution in [3.63, 3.8) is 0 Å². The molecule has 27 heteroatoms. The second kappa shape index (κ2) is 27.8. The lowest BCUT2D eigenvalue weighted by atomic mass is 9.97. The Hall–Kier alpha value is -4.42. The molecule has 0 spiro atoms. The Morgan fingerprint density at radius 3 is 2.01 bits per heavy atom. The number of aliphatic carboxylic acids is 2. The van der Waals surface area contributed by atoms with E-state index in [2.05, 4.69) is 18.0 Å². The molecule has 0 aliphatic carbocycles. The summed E-state index contributed by atoms with van der Waals surface area (Å²) in [6.45, 7) is 4.89. The first-order valence-electron chi connectivity index (χ1n) is 24.3. The van der Waals surface area contributed by atoms with E-state index < -0.39 is 156 Å². The summed E-state index contributed by atoms with van der Waals surface area (Å²) in [5, 5.41) is 53.5. The van der Waals surface area contributed by atoms with Crippen LogP contribution in [0, 0.1) is 11.8 Å². The van der Waals surface area contributed by atoms with E-state index >= 15 is 0 Å². The standard InChI is InChI=1S/C45H73N5O21S/c1-24(2)15-13-11-9-7-6-8-10-12-14-16-26(66-31(54)20-25(3)19-30(52)53)21-32(55)67-28-23-48(4)34(41(59)49(5)33(28)43(60)61)38(70-44-40(71-72(63,64)65)35(56)27(22-46)68-44)39-36(57)37(58)42(69-39)50-18-17-29(51)47-45(50)62/h17-18,24-28,33-40,42,44,56-58H,6-16,19-23,46H2,1-5H3,(H,52,53)(H,60,61)(H,47,51,62)(H,63,64,65)/t25-,26+,27-,28+,33+,34+,35-,36+,37-,38+,39+,40-,42-,44+/m1/s1. The van der Waals surface area contributed by atoms with Crippen molar-refractivity contribution in [3.05, 3.63) is 33.1 Å². The molecule has 26 nitrogen and oxygen atoms in total. The molecule has 3 aliphatic heterocycles. The Labute approximate surface area is 417 Å². The first-order chi connectivity index (χ1) is 33.8. The molecular formula is C45H73N5O21S. The number of esters is 2. The molecular weight excluding hydrogens is 979 g/mol. The Balaban J connectivity index is 1.61. The van der Waals surface area contributed by atoms with E-state index in [0.29, 0.717) is 21.8 Å². The maximum atomic E-state index is 14.7. The van der Waals surface area contributed by atoms with Crippen molar-refractivity contribution < 1.29 is 90.3 Å². The number of nitrogens with one attached hydrogen (secondary N) is 1. The van der Waals surface area contributed by atoms with E-state index in [9.17, 15) is 72.1 Å². The number of aromatic amines is 1. The van der Waals surface area contributed by atoms with Gasteiger partial charge in [0.15, 0.2) is 24.7 Å². The Morgan fingerprint density at radius 1 is 0.847 bits per heavy atom. The van der Waals surface area contributed by atoms with Crippen molar-refractivity contribution in [1.29, 1.82) is 0 Å². The number of carboxylic acid groups (broad SMARTS) is 2. The van der Waals surface area contributed by atoms with Crippen LogP contribution in [-0.4, -0.2) is 188 Å². The molecule has 1 amide bonds. The van der Waals surface area contributed by atoms with Crippen LogP contribution in [0.3, 0.4) is 0 Å². The fourth-order valence-corrected chi connectivity index (χ4v) is 9.79. The molecule has 3 saturated heterocycles. The number of amides is 1. The third-order valence-corrected chi connectivity index (χ3v) is 13.4. The fraction of sp³-hybridized carbons (Fsp3) is 0.800. The van der Waals surface area contributed by atoms with Crippen LogP contribution >= 0.6 is 0 Å². The van der Waals surface area contributed by atoms with E-state index in [4.69, 9.17) is 29.4 Å². The summed E-state index contributed by atoms with van der Waals surface area (Å²) in [4.78, 5) is 94.4. The van der Waals surface area contributed by atoms with Gasteiger partial charge >= 0.3 is 40.0 Å². The number of carbonyl (C=O) groups is 5. The monoisotopic (exact) mass is 1050 g/mol. The molecule has 0 radical (unpaired) electrons. The first kappa shape index (κ1) is 60.1. The van der Waals surface area contributed by atoms with E-state index in [-0.39, 0.29) is 19.3 Å². The minimum Gasteiger partial charge on any atom is -0.481 e. The quantitative estimate of drug-likeness (QED) is 0.0289. The number of H-pyrrole nitrogens is 1. The van der Waals surface area contributed by atoms with Gasteiger partial charge in [-0.2, -0.15) is 8.42 Å². The highest BCUT2D eigenvalue weighted by Crippen LogP contribution is 2.37. The summed E-state index contributed by atoms with van der Waals surface area (Å²) in [7, 11) is -3.06. The van der Waals surface area contributed by atoms with Gasteiger partial charge in [0.05, 0.1) is 6.42 Å². The van der Waals surface area contributed by atoms with Gasteiger partial charge in [0, 0.05) is 45.2 Å². The van der Waals surface area contributed by atoms with Crippen molar-refractivity contribution in [2.24, 2.45) is 17.6 Å². The molecule has 0 aromatic carbocycles. The van der Waals surface area contributed by atoms with Gasteiger partial charge < -0.3 is 59.9 Å². The molecule has 1 aromatic heterocycles. The summed E-state index contributed by atoms with van der Waals surface area (Å²) in [6.07, 6.45) is -10.0. The Bertz CT molecular complexity index is 2190. The minimum atomic E-state index is -5.37. The number of aliphatic hydroxyl groups excluding tert-OH is 3. The molecule has 4 heterocycles. The van der Waals surface area contributed by atoms with Crippen molar-refractivity contribution in [3.8, 4) is 0 Å². The highest BCUT2D eigenvalue weighted by atomic mass is 32.3. The van der Waals surface area contributed by atoms with Crippen LogP contribution in [0.25, 0.3) is 0 Å². The van der Waals surface area contributed by atoms with Gasteiger partial charge in [-0.3, -0.25) is 43.0 Å². The molecule has 9 N–H and O–H groups in total. The molecule has 3 fully saturated rings. The van der Waals surface area contributed by atoms with Gasteiger partial charge in [-0.15, -0.1) is 0 Å². The topological polar surface area (TPSA) is 384 Å². The molecule has 4 rings (SSSR count). The van der Waals surface area contributed by atoms with E-state index in [1.165, 1.54) is 26.3 Å². The number of likely N-dealkylation sites (N-methyl/N-ethyl adjacent to an activating group) is 2. The van der Waals surface area contributed by atoms with Crippen LogP contribution in [0.15, 0.2) is 21.9 Å². The van der Waals surface area contributed by atoms with E-state index in [0.717, 1.165) is 62.7 Å². The second-order valence-electron chi connectivity index (χ2n) is 19.4. The SMILES string of the molecule is CC(C)CCCCCCCCCCC[C@@H](CC(=O)O[C@H]1CN(C)[C@@H]([C@H](O[C@@H]2O[C@H](CN)[C@@H](O)[C@H]2OS(=O)(=O)O)[C@H]2O[C@@H](n3ccc(=O)[nH]c3=O)[C@H](O)[C@@H]2O)C(=O)N(C)[C@@H]1C(=O)O)OC(=O)C[C@H](C)CC(=O)O. The van der Waals surface area contributed by atoms with Crippen molar-refractivity contribution in [2.45, 2.75) is 190 Å². The molecule has 410 valence electrons. The molecule has 3 aliphatic rings. The summed E-state index contributed by atoms with van der Waals surface area (Å²) >= 11 is 0. The Morgan fingerprint density at radius 2 is 1.46 bits per heavy atom. The van der Waals surface area contributed by atoms with Crippen LogP contribution in [-0.2, 0) is 62.2 Å². The summed E-state index contributed by atoms with van der Waals surface area (Å²) in [5.41, 5.74) is 3.80. The smallest absolute Gasteiger partial charge is 0.397 e. The van der Waals surface area contributed by atoms with Gasteiger partial charge in [0.2, 0.25) is 5.91 Å². The lowest BCUT2D eigenvalue weighted by Crippen LogP contribution is -2.60. The van der Waals surface area contributed by atoms with E-state index in [1.54, 1.807) is 6.92 Å². The van der Waals surface area contributed by atoms with Crippen molar-refractivity contribution >= 4 is 40.2 Å². The third-order valence-electron chi connectivity index (χ3n) is 13.0. The number of hydrogen-bond acceptors (Lipinski definition) is 20. The molecule has 72 heavy (non-hydrogen) atoms. The zero-order chi connectivity index (χ0) is 53.6. The number of carbonyl (C=O) groups excluding carboxylic acids is 3. The number of hydrogen-bond donors (Lipinski definition) is 8. The van der Waals surface area contributed by atoms with Crippen LogP contribution in [0.2, 0.25) is 0 Å². The fourth-order valence-electron chi connectivity index (χ4n) is 9.31. The zero-order valence-corrected chi connectivity index (χ0v) is 42.1. The van der Waals surface area contributed by atoms with Crippen LogP contribution in [0.4, 0.5) is 0 Å². The number of aliphatic hydroxyl groups is 3. The number of carboxylic acids is 2. The van der Waals surface area contributed by atoms with Gasteiger partial charge in [-0.25, -0.2) is 13.8 Å². The lowest BCUT2D eigenvalue weighted by Gasteiger charge is -2.38. The average Bonchev–Trinajstić information content (AvgIpc) is 3.69. The number of unbranched alkanes of at least 4 members (excludes halogenated alkanes) is 8. The zero-order valence-electron chi connectivity index (χ0n) is 41.3. The van der Waals surface area contributed by atoms with Crippen LogP contribution in [0.5, 0.6) is 0 Å². The maximum absolute atomic E-state index is 14.7. The summed E-state index contributed by atoms with van der Waals surface area (Å²) < 4.78 is 68.1. The van der Waals surface area contributed by atoms with Gasteiger partial charge in [0.25, 0.3) is 5.56 Å². The number of nitrogens with two attached hydrogens (primary N) is 1. The first-order valence-corrected chi connectivity index (χ1v) is 25.7. The molecule has 0 unspecified atom stereocenters. The van der Waals surface area contributed by atoms with Gasteiger partial charge in [0.1, 0.15) is 54.9 Å². The lowest BCUT2D eigenvalue weighted by molar-refractivity contribution is -0.230. The van der Waals surface area contributed by atoms with Crippen LogP contribution < -0.4 is 17.0 Å². The van der Waals surface area contributed by atoms with Crippen molar-refractivity contribution in [1.82, 2.24) is 19.4 Å². The highest BCUT2D eigenvalue weighted by Gasteiger charge is 2.58. The molecule has 0 bridgehead atoms. The largest absolute Gasteiger partial charge is 0.481 e. The van der Waals surface area contributed by atoms with Crippen LogP contribution in [0.1, 0.15) is 117 Å². The van der Waals surface area contributed by atoms with Gasteiger partial charge in [-0.05, 0) is 31.7 Å². The molecule has 0 saturated carbocycles. The predicted molar refractivity (Wildman–Crippen MR) is 249 cm³/mol. The summed E-state index contributed by atoms with van der Waals surface area (Å²) in [5.74, 6) is -5.59. The number of nitrogens with zero attached hydrogens (tertiary/aromatic N) is 3. The average molecular weight is 1050 g/mol. The normalized spacial score (nSPS) is 28.4. The Kier molecular flexibility index (Phi) is 23.2. The molecule has 1 aromatic rings. The van der Waals surface area contributed by atoms with Gasteiger partial charge in [-0.1, -0.05) is 78.6 Å². The number of rotatable bonds is 29. The minimum absolute atomic E-state index is 0.211.